The van der Waals surface area contributed by atoms with Gasteiger partial charge in [0.2, 0.25) is 5.91 Å². The fourth-order valence-electron chi connectivity index (χ4n) is 2.18. The van der Waals surface area contributed by atoms with Crippen molar-refractivity contribution in [2.75, 3.05) is 0 Å². The Labute approximate surface area is 101 Å². The number of hydrogen-bond donors (Lipinski definition) is 1. The highest BCUT2D eigenvalue weighted by atomic mass is 35.5. The van der Waals surface area contributed by atoms with E-state index in [0.717, 1.165) is 18.4 Å². The van der Waals surface area contributed by atoms with Crippen LogP contribution in [-0.4, -0.2) is 11.9 Å². The summed E-state index contributed by atoms with van der Waals surface area (Å²) in [7, 11) is 0. The molecule has 1 fully saturated rings. The number of benzene rings is 1. The average Bonchev–Trinajstić information content (AvgIpc) is 2.70. The van der Waals surface area contributed by atoms with Gasteiger partial charge in [0.1, 0.15) is 0 Å². The van der Waals surface area contributed by atoms with Gasteiger partial charge in [0.25, 0.3) is 0 Å². The first-order valence-electron chi connectivity index (χ1n) is 5.78. The van der Waals surface area contributed by atoms with Gasteiger partial charge >= 0.3 is 0 Å². The highest BCUT2D eigenvalue weighted by Crippen LogP contribution is 2.18. The van der Waals surface area contributed by atoms with Crippen molar-refractivity contribution >= 4 is 17.5 Å². The third kappa shape index (κ3) is 3.24. The lowest BCUT2D eigenvalue weighted by Crippen LogP contribution is -2.33. The lowest BCUT2D eigenvalue weighted by molar-refractivity contribution is -0.121. The van der Waals surface area contributed by atoms with Crippen LogP contribution in [0.1, 0.15) is 31.2 Å². The fourth-order valence-corrected chi connectivity index (χ4v) is 2.39. The number of hydrogen-bond acceptors (Lipinski definition) is 1. The van der Waals surface area contributed by atoms with Crippen LogP contribution < -0.4 is 5.32 Å². The summed E-state index contributed by atoms with van der Waals surface area (Å²) in [6, 6.07) is 7.86. The van der Waals surface area contributed by atoms with Gasteiger partial charge in [-0.05, 0) is 30.5 Å². The molecule has 0 aliphatic heterocycles. The third-order valence-electron chi connectivity index (χ3n) is 2.97. The maximum atomic E-state index is 11.7. The molecule has 1 amide bonds. The Morgan fingerprint density at radius 2 is 2.12 bits per heavy atom. The van der Waals surface area contributed by atoms with E-state index in [1.165, 1.54) is 12.8 Å². The number of halogens is 1. The zero-order valence-corrected chi connectivity index (χ0v) is 9.96. The number of carbonyl (C=O) groups excluding carboxylic acids is 1. The maximum absolute atomic E-state index is 11.7. The first-order chi connectivity index (χ1) is 7.74. The van der Waals surface area contributed by atoms with Crippen molar-refractivity contribution in [2.24, 2.45) is 0 Å². The van der Waals surface area contributed by atoms with Crippen molar-refractivity contribution in [3.05, 3.63) is 34.9 Å². The summed E-state index contributed by atoms with van der Waals surface area (Å²) in [5.74, 6) is 0.106. The SMILES string of the molecule is O=C(Cc1cccc(Cl)c1)NC1CCCC1. The molecule has 0 radical (unpaired) electrons. The Kier molecular flexibility index (Phi) is 3.83. The molecule has 1 aliphatic rings. The molecule has 0 atom stereocenters. The van der Waals surface area contributed by atoms with Gasteiger partial charge in [-0.2, -0.15) is 0 Å². The van der Waals surface area contributed by atoms with Crippen LogP contribution in [0.4, 0.5) is 0 Å². The Balaban J connectivity index is 1.86. The zero-order chi connectivity index (χ0) is 11.4. The Hall–Kier alpha value is -1.02. The van der Waals surface area contributed by atoms with Crippen LogP contribution >= 0.6 is 11.6 Å². The van der Waals surface area contributed by atoms with Gasteiger partial charge in [-0.15, -0.1) is 0 Å². The second-order valence-corrected chi connectivity index (χ2v) is 4.79. The molecule has 0 aromatic heterocycles. The molecule has 0 bridgehead atoms. The van der Waals surface area contributed by atoms with Crippen LogP contribution in [0.3, 0.4) is 0 Å². The number of carbonyl (C=O) groups is 1. The van der Waals surface area contributed by atoms with E-state index in [1.54, 1.807) is 0 Å². The molecule has 1 N–H and O–H groups in total. The van der Waals surface area contributed by atoms with Gasteiger partial charge in [0.15, 0.2) is 0 Å². The molecular formula is C13H16ClNO. The van der Waals surface area contributed by atoms with Crippen molar-refractivity contribution in [2.45, 2.75) is 38.1 Å². The van der Waals surface area contributed by atoms with E-state index >= 15 is 0 Å². The molecule has 1 aromatic carbocycles. The van der Waals surface area contributed by atoms with Crippen LogP contribution in [0.5, 0.6) is 0 Å². The minimum atomic E-state index is 0.106. The molecule has 0 unspecified atom stereocenters. The highest BCUT2D eigenvalue weighted by molar-refractivity contribution is 6.30. The van der Waals surface area contributed by atoms with Crippen LogP contribution in [0.15, 0.2) is 24.3 Å². The summed E-state index contributed by atoms with van der Waals surface area (Å²) in [5.41, 5.74) is 0.975. The molecule has 16 heavy (non-hydrogen) atoms. The molecule has 1 aromatic rings. The van der Waals surface area contributed by atoms with E-state index in [0.29, 0.717) is 17.5 Å². The Morgan fingerprint density at radius 1 is 1.38 bits per heavy atom. The molecule has 1 saturated carbocycles. The van der Waals surface area contributed by atoms with E-state index in [9.17, 15) is 4.79 Å². The summed E-state index contributed by atoms with van der Waals surface area (Å²) in [4.78, 5) is 11.7. The number of nitrogens with one attached hydrogen (secondary N) is 1. The molecule has 3 heteroatoms. The average molecular weight is 238 g/mol. The summed E-state index contributed by atoms with van der Waals surface area (Å²) in [5, 5.41) is 3.75. The van der Waals surface area contributed by atoms with Crippen molar-refractivity contribution in [1.29, 1.82) is 0 Å². The van der Waals surface area contributed by atoms with E-state index in [4.69, 9.17) is 11.6 Å². The second kappa shape index (κ2) is 5.35. The second-order valence-electron chi connectivity index (χ2n) is 4.36. The summed E-state index contributed by atoms with van der Waals surface area (Å²) in [6.07, 6.45) is 5.16. The van der Waals surface area contributed by atoms with Crippen molar-refractivity contribution in [1.82, 2.24) is 5.32 Å². The minimum Gasteiger partial charge on any atom is -0.353 e. The predicted octanol–water partition coefficient (Wildman–Crippen LogP) is 2.94. The van der Waals surface area contributed by atoms with Crippen molar-refractivity contribution in [3.63, 3.8) is 0 Å². The summed E-state index contributed by atoms with van der Waals surface area (Å²) < 4.78 is 0. The van der Waals surface area contributed by atoms with Gasteiger partial charge in [-0.25, -0.2) is 0 Å². The molecule has 0 saturated heterocycles. The van der Waals surface area contributed by atoms with E-state index in [-0.39, 0.29) is 5.91 Å². The van der Waals surface area contributed by atoms with Crippen LogP contribution in [0.25, 0.3) is 0 Å². The van der Waals surface area contributed by atoms with Gasteiger partial charge < -0.3 is 5.32 Å². The monoisotopic (exact) mass is 237 g/mol. The first kappa shape index (κ1) is 11.5. The predicted molar refractivity (Wildman–Crippen MR) is 65.6 cm³/mol. The Morgan fingerprint density at radius 3 is 2.81 bits per heavy atom. The van der Waals surface area contributed by atoms with E-state index in [1.807, 2.05) is 24.3 Å². The standard InChI is InChI=1S/C13H16ClNO/c14-11-5-3-4-10(8-11)9-13(16)15-12-6-1-2-7-12/h3-5,8,12H,1-2,6-7,9H2,(H,15,16). The van der Waals surface area contributed by atoms with Gasteiger partial charge in [0.05, 0.1) is 6.42 Å². The normalized spacial score (nSPS) is 16.3. The fraction of sp³-hybridized carbons (Fsp3) is 0.462. The van der Waals surface area contributed by atoms with Crippen molar-refractivity contribution < 1.29 is 4.79 Å². The molecular weight excluding hydrogens is 222 g/mol. The maximum Gasteiger partial charge on any atom is 0.224 e. The minimum absolute atomic E-state index is 0.106. The summed E-state index contributed by atoms with van der Waals surface area (Å²) >= 11 is 5.87. The lowest BCUT2D eigenvalue weighted by Gasteiger charge is -2.11. The number of amides is 1. The first-order valence-corrected chi connectivity index (χ1v) is 6.15. The summed E-state index contributed by atoms with van der Waals surface area (Å²) in [6.45, 7) is 0. The van der Waals surface area contributed by atoms with Gasteiger partial charge in [-0.3, -0.25) is 4.79 Å². The topological polar surface area (TPSA) is 29.1 Å². The van der Waals surface area contributed by atoms with Crippen molar-refractivity contribution in [3.8, 4) is 0 Å². The lowest BCUT2D eigenvalue weighted by atomic mass is 10.1. The van der Waals surface area contributed by atoms with Gasteiger partial charge in [-0.1, -0.05) is 36.6 Å². The number of rotatable bonds is 3. The Bertz CT molecular complexity index is 372. The largest absolute Gasteiger partial charge is 0.353 e. The van der Waals surface area contributed by atoms with Crippen LogP contribution in [-0.2, 0) is 11.2 Å². The van der Waals surface area contributed by atoms with Gasteiger partial charge in [0, 0.05) is 11.1 Å². The molecule has 2 rings (SSSR count). The molecule has 2 nitrogen and oxygen atoms in total. The molecule has 1 aliphatic carbocycles. The molecule has 0 heterocycles. The molecule has 0 spiro atoms. The van der Waals surface area contributed by atoms with Crippen LogP contribution in [0, 0.1) is 0 Å². The quantitative estimate of drug-likeness (QED) is 0.861. The molecule has 86 valence electrons. The van der Waals surface area contributed by atoms with Crippen LogP contribution in [0.2, 0.25) is 5.02 Å². The highest BCUT2D eigenvalue weighted by Gasteiger charge is 2.16. The third-order valence-corrected chi connectivity index (χ3v) is 3.21. The zero-order valence-electron chi connectivity index (χ0n) is 9.21. The smallest absolute Gasteiger partial charge is 0.224 e. The van der Waals surface area contributed by atoms with E-state index in [2.05, 4.69) is 5.32 Å². The van der Waals surface area contributed by atoms with E-state index < -0.39 is 0 Å².